The van der Waals surface area contributed by atoms with Crippen molar-refractivity contribution in [2.75, 3.05) is 26.7 Å². The zero-order valence-corrected chi connectivity index (χ0v) is 23.2. The minimum Gasteiger partial charge on any atom is -0.481 e. The van der Waals surface area contributed by atoms with Crippen molar-refractivity contribution in [2.45, 2.75) is 51.6 Å². The number of hydrogen-bond donors (Lipinski definition) is 1. The fraction of sp³-hybridized carbons (Fsp3) is 0.464. The smallest absolute Gasteiger partial charge is 0.320 e. The third-order valence-electron chi connectivity index (χ3n) is 7.22. The second-order valence-electron chi connectivity index (χ2n) is 11.3. The fourth-order valence-electron chi connectivity index (χ4n) is 5.52. The maximum Gasteiger partial charge on any atom is 0.320 e. The number of rotatable bonds is 8. The summed E-state index contributed by atoms with van der Waals surface area (Å²) in [5.41, 5.74) is 2.80. The molecule has 0 aromatic heterocycles. The number of carbonyl (C=O) groups is 3. The number of likely N-dealkylation sites (tertiary alicyclic amines) is 1. The van der Waals surface area contributed by atoms with Gasteiger partial charge in [-0.05, 0) is 40.8 Å². The molecule has 2 aliphatic rings. The van der Waals surface area contributed by atoms with E-state index in [4.69, 9.17) is 9.84 Å². The average molecular weight is 545 g/mol. The van der Waals surface area contributed by atoms with E-state index in [0.717, 1.165) is 11.1 Å². The highest BCUT2D eigenvalue weighted by Crippen LogP contribution is 2.34. The number of amides is 2. The fourth-order valence-corrected chi connectivity index (χ4v) is 7.09. The average Bonchev–Trinajstić information content (AvgIpc) is 2.78. The Morgan fingerprint density at radius 1 is 1.05 bits per heavy atom. The molecule has 204 valence electrons. The summed E-state index contributed by atoms with van der Waals surface area (Å²) in [4.78, 5) is 41.3. The van der Waals surface area contributed by atoms with Gasteiger partial charge in [-0.1, -0.05) is 37.8 Å². The molecule has 2 aromatic rings. The number of urea groups is 1. The molecule has 4 rings (SSSR count). The molecule has 2 aliphatic heterocycles. The van der Waals surface area contributed by atoms with Crippen LogP contribution in [0.2, 0.25) is 19.6 Å². The number of benzene rings is 2. The topological polar surface area (TPSA) is 87.2 Å². The summed E-state index contributed by atoms with van der Waals surface area (Å²) in [5.74, 6) is -2.64. The van der Waals surface area contributed by atoms with Crippen molar-refractivity contribution in [3.8, 4) is 0 Å². The van der Waals surface area contributed by atoms with Crippen molar-refractivity contribution in [1.29, 1.82) is 0 Å². The normalized spacial score (nSPS) is 17.7. The van der Waals surface area contributed by atoms with E-state index < -0.39 is 31.7 Å². The third kappa shape index (κ3) is 5.81. The van der Waals surface area contributed by atoms with Crippen LogP contribution in [-0.2, 0) is 33.8 Å². The van der Waals surface area contributed by atoms with Crippen LogP contribution in [0.1, 0.15) is 34.7 Å². The van der Waals surface area contributed by atoms with E-state index in [1.165, 1.54) is 17.0 Å². The lowest BCUT2D eigenvalue weighted by molar-refractivity contribution is -0.139. The number of halogens is 2. The van der Waals surface area contributed by atoms with Gasteiger partial charge in [-0.3, -0.25) is 9.59 Å². The number of hydrogen-bond acceptors (Lipinski definition) is 4. The van der Waals surface area contributed by atoms with Crippen LogP contribution in [0.5, 0.6) is 0 Å². The van der Waals surface area contributed by atoms with E-state index in [-0.39, 0.29) is 41.3 Å². The van der Waals surface area contributed by atoms with Crippen LogP contribution in [0.3, 0.4) is 0 Å². The first kappa shape index (κ1) is 27.9. The molecule has 38 heavy (non-hydrogen) atoms. The first-order chi connectivity index (χ1) is 17.9. The minimum absolute atomic E-state index is 0.0121. The molecular weight excluding hydrogens is 510 g/mol. The SMILES string of the molecule is COCc1ccc2c(c1)CCN(C(=O)N1CC(CC(=O)O)C1)[C@H]2C(=O)Cc1cc(F)c([Si](C)(C)C)c(F)c1. The number of ketones is 1. The van der Waals surface area contributed by atoms with Gasteiger partial charge in [0.15, 0.2) is 5.78 Å². The Hall–Kier alpha value is -3.11. The summed E-state index contributed by atoms with van der Waals surface area (Å²) in [7, 11) is -0.670. The van der Waals surface area contributed by atoms with E-state index >= 15 is 0 Å². The third-order valence-corrected chi connectivity index (χ3v) is 9.20. The van der Waals surface area contributed by atoms with Gasteiger partial charge in [-0.25, -0.2) is 13.6 Å². The highest BCUT2D eigenvalue weighted by molar-refractivity contribution is 6.88. The van der Waals surface area contributed by atoms with E-state index in [2.05, 4.69) is 0 Å². The van der Waals surface area contributed by atoms with Crippen molar-refractivity contribution in [2.24, 2.45) is 5.92 Å². The van der Waals surface area contributed by atoms with Gasteiger partial charge in [0.05, 0.1) is 21.1 Å². The molecule has 0 aliphatic carbocycles. The molecule has 1 saturated heterocycles. The summed E-state index contributed by atoms with van der Waals surface area (Å²) in [6.07, 6.45) is 0.305. The van der Waals surface area contributed by atoms with Crippen LogP contribution in [0.4, 0.5) is 13.6 Å². The molecule has 0 saturated carbocycles. The van der Waals surface area contributed by atoms with Crippen LogP contribution in [0, 0.1) is 17.6 Å². The number of fused-ring (bicyclic) bond motifs is 1. The standard InChI is InChI=1S/C28H34F2N2O5Si/c1-37-16-17-5-6-21-20(9-17)7-8-32(28(36)31-14-19(15-31)13-25(34)35)26(21)24(33)12-18-10-22(29)27(23(30)11-18)38(2,3)4/h5-6,9-11,19,26H,7-8,12-16H2,1-4H3,(H,34,35)/t26-/m1/s1. The highest BCUT2D eigenvalue weighted by atomic mass is 28.3. The molecule has 0 bridgehead atoms. The van der Waals surface area contributed by atoms with Gasteiger partial charge in [-0.15, -0.1) is 0 Å². The van der Waals surface area contributed by atoms with Crippen LogP contribution in [-0.4, -0.2) is 67.5 Å². The Morgan fingerprint density at radius 3 is 2.29 bits per heavy atom. The Bertz CT molecular complexity index is 1230. The number of methoxy groups -OCH3 is 1. The van der Waals surface area contributed by atoms with E-state index in [1.807, 2.05) is 37.8 Å². The van der Waals surface area contributed by atoms with Crippen LogP contribution >= 0.6 is 0 Å². The molecule has 1 N–H and O–H groups in total. The molecule has 2 amide bonds. The second kappa shape index (κ2) is 10.9. The van der Waals surface area contributed by atoms with Gasteiger partial charge in [-0.2, -0.15) is 0 Å². The van der Waals surface area contributed by atoms with Crippen molar-refractivity contribution in [1.82, 2.24) is 9.80 Å². The van der Waals surface area contributed by atoms with Gasteiger partial charge in [0.2, 0.25) is 0 Å². The van der Waals surface area contributed by atoms with Gasteiger partial charge in [0.25, 0.3) is 0 Å². The first-order valence-corrected chi connectivity index (χ1v) is 16.3. The Labute approximate surface area is 222 Å². The number of ether oxygens (including phenoxy) is 1. The zero-order valence-electron chi connectivity index (χ0n) is 22.2. The predicted octanol–water partition coefficient (Wildman–Crippen LogP) is 3.89. The van der Waals surface area contributed by atoms with Crippen molar-refractivity contribution in [3.05, 3.63) is 64.2 Å². The Kier molecular flexibility index (Phi) is 8.03. The molecule has 2 heterocycles. The molecule has 2 aromatic carbocycles. The maximum absolute atomic E-state index is 14.9. The lowest BCUT2D eigenvalue weighted by Gasteiger charge is -2.45. The molecular formula is C28H34F2N2O5Si. The van der Waals surface area contributed by atoms with Crippen LogP contribution < -0.4 is 5.19 Å². The van der Waals surface area contributed by atoms with Crippen molar-refractivity contribution >= 4 is 31.0 Å². The molecule has 0 unspecified atom stereocenters. The summed E-state index contributed by atoms with van der Waals surface area (Å²) < 4.78 is 35.0. The molecule has 0 radical (unpaired) electrons. The zero-order chi connectivity index (χ0) is 27.8. The Morgan fingerprint density at radius 2 is 1.71 bits per heavy atom. The van der Waals surface area contributed by atoms with Crippen molar-refractivity contribution < 1.29 is 33.0 Å². The van der Waals surface area contributed by atoms with Crippen LogP contribution in [0.15, 0.2) is 30.3 Å². The van der Waals surface area contributed by atoms with E-state index in [1.54, 1.807) is 12.0 Å². The number of carboxylic acids is 1. The van der Waals surface area contributed by atoms with E-state index in [0.29, 0.717) is 38.2 Å². The van der Waals surface area contributed by atoms with Gasteiger partial charge in [0.1, 0.15) is 17.7 Å². The molecule has 0 spiro atoms. The highest BCUT2D eigenvalue weighted by Gasteiger charge is 2.41. The lowest BCUT2D eigenvalue weighted by atomic mass is 9.87. The van der Waals surface area contributed by atoms with Crippen LogP contribution in [0.25, 0.3) is 0 Å². The minimum atomic E-state index is -2.27. The molecule has 10 heteroatoms. The number of carbonyl (C=O) groups excluding carboxylic acids is 2. The number of Topliss-reactive ketones (excluding diaryl/α,β-unsaturated/α-hetero) is 1. The Balaban J connectivity index is 1.63. The van der Waals surface area contributed by atoms with Gasteiger partial charge in [0, 0.05) is 44.3 Å². The predicted molar refractivity (Wildman–Crippen MR) is 141 cm³/mol. The summed E-state index contributed by atoms with van der Waals surface area (Å²) in [6, 6.07) is 6.87. The molecule has 7 nitrogen and oxygen atoms in total. The van der Waals surface area contributed by atoms with Gasteiger partial charge < -0.3 is 19.6 Å². The maximum atomic E-state index is 14.9. The number of aliphatic carboxylic acids is 1. The number of nitrogens with zero attached hydrogens (tertiary/aromatic N) is 2. The monoisotopic (exact) mass is 544 g/mol. The quantitative estimate of drug-likeness (QED) is 0.510. The summed E-state index contributed by atoms with van der Waals surface area (Å²) in [5, 5.41) is 9.13. The largest absolute Gasteiger partial charge is 0.481 e. The summed E-state index contributed by atoms with van der Waals surface area (Å²) >= 11 is 0. The lowest BCUT2D eigenvalue weighted by Crippen LogP contribution is -2.57. The number of carboxylic acid groups (broad SMARTS) is 1. The summed E-state index contributed by atoms with van der Waals surface area (Å²) in [6.45, 7) is 6.92. The van der Waals surface area contributed by atoms with Crippen molar-refractivity contribution in [3.63, 3.8) is 0 Å². The second-order valence-corrected chi connectivity index (χ2v) is 16.3. The molecule has 1 atom stereocenters. The van der Waals surface area contributed by atoms with Gasteiger partial charge >= 0.3 is 12.0 Å². The van der Waals surface area contributed by atoms with E-state index in [9.17, 15) is 23.2 Å². The first-order valence-electron chi connectivity index (χ1n) is 12.8. The molecule has 1 fully saturated rings.